The highest BCUT2D eigenvalue weighted by molar-refractivity contribution is 5.77. The van der Waals surface area contributed by atoms with Crippen molar-refractivity contribution in [2.75, 3.05) is 33.4 Å². The Bertz CT molecular complexity index is 421. The molecule has 23 heavy (non-hydrogen) atoms. The number of methoxy groups -OCH3 is 1. The summed E-state index contributed by atoms with van der Waals surface area (Å²) in [5, 5.41) is 2.79. The number of likely N-dealkylation sites (tertiary alicyclic amines) is 1. The molecule has 1 saturated heterocycles. The van der Waals surface area contributed by atoms with Crippen molar-refractivity contribution in [1.29, 1.82) is 0 Å². The second kappa shape index (κ2) is 7.97. The minimum Gasteiger partial charge on any atom is -0.444 e. The van der Waals surface area contributed by atoms with Gasteiger partial charge in [-0.25, -0.2) is 4.79 Å². The van der Waals surface area contributed by atoms with Crippen molar-refractivity contribution in [2.45, 2.75) is 58.3 Å². The van der Waals surface area contributed by atoms with Crippen LogP contribution in [0.4, 0.5) is 4.79 Å². The van der Waals surface area contributed by atoms with E-state index in [9.17, 15) is 9.59 Å². The number of carbonyl (C=O) groups is 2. The lowest BCUT2D eigenvalue weighted by atomic mass is 10.1. The minimum absolute atomic E-state index is 0.0350. The van der Waals surface area contributed by atoms with Crippen LogP contribution < -0.4 is 5.32 Å². The van der Waals surface area contributed by atoms with Gasteiger partial charge in [-0.15, -0.1) is 0 Å². The summed E-state index contributed by atoms with van der Waals surface area (Å²) in [5.41, 5.74) is -1.05. The zero-order chi connectivity index (χ0) is 17.7. The quantitative estimate of drug-likeness (QED) is 0.799. The van der Waals surface area contributed by atoms with Crippen LogP contribution >= 0.6 is 0 Å². The van der Waals surface area contributed by atoms with Crippen LogP contribution in [0.1, 0.15) is 41.0 Å². The van der Waals surface area contributed by atoms with E-state index in [0.29, 0.717) is 26.1 Å². The van der Waals surface area contributed by atoms with Crippen molar-refractivity contribution >= 4 is 12.0 Å². The molecular weight excluding hydrogens is 300 g/mol. The van der Waals surface area contributed by atoms with Crippen LogP contribution in [0.15, 0.2) is 0 Å². The summed E-state index contributed by atoms with van der Waals surface area (Å²) >= 11 is 0. The monoisotopic (exact) mass is 330 g/mol. The third-order valence-electron chi connectivity index (χ3n) is 3.46. The molecule has 1 heterocycles. The molecule has 0 bridgehead atoms. The van der Waals surface area contributed by atoms with Gasteiger partial charge in [0.25, 0.3) is 0 Å². The van der Waals surface area contributed by atoms with Crippen molar-refractivity contribution in [3.63, 3.8) is 0 Å². The van der Waals surface area contributed by atoms with Crippen LogP contribution in [0.5, 0.6) is 0 Å². The highest BCUT2D eigenvalue weighted by Crippen LogP contribution is 2.26. The lowest BCUT2D eigenvalue weighted by molar-refractivity contribution is -0.132. The van der Waals surface area contributed by atoms with E-state index in [-0.39, 0.29) is 24.6 Å². The first kappa shape index (κ1) is 19.7. The molecule has 7 heteroatoms. The molecule has 7 nitrogen and oxygen atoms in total. The number of hydrogen-bond donors (Lipinski definition) is 1. The van der Waals surface area contributed by atoms with Crippen molar-refractivity contribution in [3.05, 3.63) is 0 Å². The Balaban J connectivity index is 2.41. The average Bonchev–Trinajstić information content (AvgIpc) is 2.78. The molecule has 1 fully saturated rings. The molecule has 0 aliphatic carbocycles. The Labute approximate surface area is 138 Å². The summed E-state index contributed by atoms with van der Waals surface area (Å²) in [7, 11) is 1.59. The molecule has 1 aliphatic heterocycles. The molecule has 0 aromatic rings. The van der Waals surface area contributed by atoms with Gasteiger partial charge in [0.15, 0.2) is 0 Å². The molecule has 0 aromatic carbocycles. The molecule has 0 radical (unpaired) electrons. The number of hydrogen-bond acceptors (Lipinski definition) is 5. The standard InChI is InChI=1S/C16H30N2O5/c1-12(9-21-6)17-13(19)10-22-16(5)7-8-18(11-16)14(20)23-15(2,3)4/h12H,7-11H2,1-6H3,(H,17,19). The van der Waals surface area contributed by atoms with E-state index in [2.05, 4.69) is 5.32 Å². The van der Waals surface area contributed by atoms with Gasteiger partial charge in [0.2, 0.25) is 5.91 Å². The van der Waals surface area contributed by atoms with Crippen LogP contribution in [0.2, 0.25) is 0 Å². The van der Waals surface area contributed by atoms with Gasteiger partial charge in [0.05, 0.1) is 18.8 Å². The largest absolute Gasteiger partial charge is 0.444 e. The number of rotatable bonds is 6. The Morgan fingerprint density at radius 3 is 2.57 bits per heavy atom. The summed E-state index contributed by atoms with van der Waals surface area (Å²) < 4.78 is 16.1. The maximum atomic E-state index is 12.1. The van der Waals surface area contributed by atoms with Crippen molar-refractivity contribution in [3.8, 4) is 0 Å². The van der Waals surface area contributed by atoms with Crippen molar-refractivity contribution in [1.82, 2.24) is 10.2 Å². The Morgan fingerprint density at radius 1 is 1.35 bits per heavy atom. The van der Waals surface area contributed by atoms with Gasteiger partial charge in [-0.3, -0.25) is 4.79 Å². The highest BCUT2D eigenvalue weighted by atomic mass is 16.6. The average molecular weight is 330 g/mol. The van der Waals surface area contributed by atoms with Crippen LogP contribution in [0.25, 0.3) is 0 Å². The molecule has 1 rings (SSSR count). The third kappa shape index (κ3) is 7.18. The Hall–Kier alpha value is -1.34. The van der Waals surface area contributed by atoms with Gasteiger partial charge in [0, 0.05) is 19.7 Å². The lowest BCUT2D eigenvalue weighted by Gasteiger charge is -2.27. The number of carbonyl (C=O) groups excluding carboxylic acids is 2. The van der Waals surface area contributed by atoms with Gasteiger partial charge >= 0.3 is 6.09 Å². The van der Waals surface area contributed by atoms with E-state index < -0.39 is 11.2 Å². The van der Waals surface area contributed by atoms with Gasteiger partial charge in [0.1, 0.15) is 12.2 Å². The summed E-state index contributed by atoms with van der Waals surface area (Å²) in [6, 6.07) is -0.0641. The van der Waals surface area contributed by atoms with Crippen molar-refractivity contribution < 1.29 is 23.8 Å². The summed E-state index contributed by atoms with van der Waals surface area (Å²) in [6.45, 7) is 10.7. The third-order valence-corrected chi connectivity index (χ3v) is 3.46. The SMILES string of the molecule is COCC(C)NC(=O)COC1(C)CCN(C(=O)OC(C)(C)C)C1. The van der Waals surface area contributed by atoms with E-state index >= 15 is 0 Å². The molecule has 1 aliphatic rings. The fourth-order valence-electron chi connectivity index (χ4n) is 2.38. The highest BCUT2D eigenvalue weighted by Gasteiger charge is 2.39. The fraction of sp³-hybridized carbons (Fsp3) is 0.875. The molecule has 1 N–H and O–H groups in total. The predicted molar refractivity (Wildman–Crippen MR) is 86.3 cm³/mol. The van der Waals surface area contributed by atoms with Gasteiger partial charge < -0.3 is 24.4 Å². The van der Waals surface area contributed by atoms with E-state index in [4.69, 9.17) is 14.2 Å². The first-order valence-electron chi connectivity index (χ1n) is 7.95. The molecule has 0 aromatic heterocycles. The Kier molecular flexibility index (Phi) is 6.83. The van der Waals surface area contributed by atoms with Crippen LogP contribution in [-0.2, 0) is 19.0 Å². The second-order valence-corrected chi connectivity index (χ2v) is 7.31. The van der Waals surface area contributed by atoms with Crippen LogP contribution in [0, 0.1) is 0 Å². The van der Waals surface area contributed by atoms with E-state index in [0.717, 1.165) is 0 Å². The minimum atomic E-state index is -0.529. The topological polar surface area (TPSA) is 77.1 Å². The van der Waals surface area contributed by atoms with Gasteiger partial charge in [-0.2, -0.15) is 0 Å². The first-order chi connectivity index (χ1) is 10.5. The molecule has 2 unspecified atom stereocenters. The fourth-order valence-corrected chi connectivity index (χ4v) is 2.38. The lowest BCUT2D eigenvalue weighted by Crippen LogP contribution is -2.42. The summed E-state index contributed by atoms with van der Waals surface area (Å²) in [5.74, 6) is -0.188. The van der Waals surface area contributed by atoms with Crippen LogP contribution in [0.3, 0.4) is 0 Å². The Morgan fingerprint density at radius 2 is 2.00 bits per heavy atom. The number of ether oxygens (including phenoxy) is 3. The summed E-state index contributed by atoms with van der Waals surface area (Å²) in [6.07, 6.45) is 0.329. The van der Waals surface area contributed by atoms with E-state index in [1.807, 2.05) is 34.6 Å². The predicted octanol–water partition coefficient (Wildman–Crippen LogP) is 1.55. The maximum absolute atomic E-state index is 12.1. The number of nitrogens with zero attached hydrogens (tertiary/aromatic N) is 1. The molecule has 0 spiro atoms. The number of nitrogens with one attached hydrogen (secondary N) is 1. The first-order valence-corrected chi connectivity index (χ1v) is 7.95. The smallest absolute Gasteiger partial charge is 0.410 e. The molecule has 2 atom stereocenters. The summed E-state index contributed by atoms with van der Waals surface area (Å²) in [4.78, 5) is 25.5. The van der Waals surface area contributed by atoms with E-state index in [1.54, 1.807) is 12.0 Å². The van der Waals surface area contributed by atoms with Gasteiger partial charge in [-0.05, 0) is 41.0 Å². The molecule has 134 valence electrons. The molecular formula is C16H30N2O5. The van der Waals surface area contributed by atoms with Gasteiger partial charge in [-0.1, -0.05) is 0 Å². The van der Waals surface area contributed by atoms with E-state index in [1.165, 1.54) is 0 Å². The molecule has 0 saturated carbocycles. The molecule has 2 amide bonds. The normalized spacial score (nSPS) is 22.8. The van der Waals surface area contributed by atoms with Crippen LogP contribution in [-0.4, -0.2) is 67.6 Å². The maximum Gasteiger partial charge on any atom is 0.410 e. The number of amides is 2. The van der Waals surface area contributed by atoms with Crippen molar-refractivity contribution in [2.24, 2.45) is 0 Å². The zero-order valence-electron chi connectivity index (χ0n) is 15.1. The second-order valence-electron chi connectivity index (χ2n) is 7.31. The zero-order valence-corrected chi connectivity index (χ0v) is 15.1.